The summed E-state index contributed by atoms with van der Waals surface area (Å²) in [7, 11) is 1.77. The summed E-state index contributed by atoms with van der Waals surface area (Å²) in [5.74, 6) is 1.83. The van der Waals surface area contributed by atoms with E-state index < -0.39 is 0 Å². The molecular formula is C19H25N5O5. The average Bonchev–Trinajstić information content (AvgIpc) is 3.29. The topological polar surface area (TPSA) is 131 Å². The summed E-state index contributed by atoms with van der Waals surface area (Å²) in [6.07, 6.45) is 5.34. The Morgan fingerprint density at radius 3 is 2.79 bits per heavy atom. The standard InChI is InChI=1S/C18H23N5O3.CH2O2/c1-3-22(2)18(25)14-9-19-16-7-6-12(10-23(14)16)20-17(24)13-8-15(26-21-13)11-4-5-11;2-1-3/h8-9,11-12H,3-7,10H2,1-2H3,(H,20,24);1H,(H,2,3). The van der Waals surface area contributed by atoms with Gasteiger partial charge in [0.25, 0.3) is 18.3 Å². The fourth-order valence-electron chi connectivity index (χ4n) is 3.28. The van der Waals surface area contributed by atoms with Crippen molar-refractivity contribution in [2.75, 3.05) is 13.6 Å². The molecule has 29 heavy (non-hydrogen) atoms. The number of nitrogens with zero attached hydrogens (tertiary/aromatic N) is 4. The van der Waals surface area contributed by atoms with Crippen LogP contribution in [0, 0.1) is 0 Å². The fourth-order valence-corrected chi connectivity index (χ4v) is 3.28. The summed E-state index contributed by atoms with van der Waals surface area (Å²) in [5.41, 5.74) is 0.895. The first-order valence-corrected chi connectivity index (χ1v) is 9.63. The first-order valence-electron chi connectivity index (χ1n) is 9.63. The molecule has 0 spiro atoms. The molecule has 2 aliphatic rings. The van der Waals surface area contributed by atoms with Crippen molar-refractivity contribution in [1.82, 2.24) is 24.9 Å². The summed E-state index contributed by atoms with van der Waals surface area (Å²) in [5, 5.41) is 13.8. The number of carbonyl (C=O) groups is 3. The van der Waals surface area contributed by atoms with Crippen LogP contribution in [0.2, 0.25) is 0 Å². The molecule has 4 rings (SSSR count). The summed E-state index contributed by atoms with van der Waals surface area (Å²) in [6.45, 7) is 2.85. The third-order valence-electron chi connectivity index (χ3n) is 5.17. The second kappa shape index (κ2) is 8.89. The van der Waals surface area contributed by atoms with Gasteiger partial charge in [0, 0.05) is 44.6 Å². The highest BCUT2D eigenvalue weighted by Gasteiger charge is 2.30. The average molecular weight is 403 g/mol. The summed E-state index contributed by atoms with van der Waals surface area (Å²) in [6, 6.07) is 1.67. The quantitative estimate of drug-likeness (QED) is 0.719. The molecule has 0 radical (unpaired) electrons. The maximum Gasteiger partial charge on any atom is 0.290 e. The Balaban J connectivity index is 0.000000755. The van der Waals surface area contributed by atoms with Crippen molar-refractivity contribution in [2.24, 2.45) is 0 Å². The number of amides is 2. The number of aromatic nitrogens is 3. The van der Waals surface area contributed by atoms with Gasteiger partial charge < -0.3 is 24.4 Å². The number of hydrogen-bond donors (Lipinski definition) is 2. The van der Waals surface area contributed by atoms with Gasteiger partial charge >= 0.3 is 0 Å². The van der Waals surface area contributed by atoms with E-state index in [4.69, 9.17) is 14.4 Å². The van der Waals surface area contributed by atoms with Gasteiger partial charge in [-0.3, -0.25) is 14.4 Å². The zero-order valence-electron chi connectivity index (χ0n) is 16.5. The predicted octanol–water partition coefficient (Wildman–Crippen LogP) is 1.29. The van der Waals surface area contributed by atoms with Crippen molar-refractivity contribution in [3.05, 3.63) is 35.2 Å². The van der Waals surface area contributed by atoms with E-state index in [1.165, 1.54) is 0 Å². The lowest BCUT2D eigenvalue weighted by molar-refractivity contribution is -0.122. The van der Waals surface area contributed by atoms with E-state index in [-0.39, 0.29) is 24.3 Å². The molecule has 10 nitrogen and oxygen atoms in total. The zero-order valence-corrected chi connectivity index (χ0v) is 16.5. The SMILES string of the molecule is CCN(C)C(=O)c1cnc2n1CC(NC(=O)c1cc(C3CC3)on1)CC2.O=CO. The predicted molar refractivity (Wildman–Crippen MR) is 102 cm³/mol. The van der Waals surface area contributed by atoms with Crippen LogP contribution in [-0.2, 0) is 17.8 Å². The van der Waals surface area contributed by atoms with Crippen LogP contribution >= 0.6 is 0 Å². The maximum absolute atomic E-state index is 12.5. The number of hydrogen-bond acceptors (Lipinski definition) is 6. The van der Waals surface area contributed by atoms with Crippen molar-refractivity contribution in [2.45, 2.75) is 51.1 Å². The van der Waals surface area contributed by atoms with Gasteiger partial charge in [-0.05, 0) is 26.2 Å². The Bertz CT molecular complexity index is 885. The lowest BCUT2D eigenvalue weighted by atomic mass is 10.1. The largest absolute Gasteiger partial charge is 0.483 e. The summed E-state index contributed by atoms with van der Waals surface area (Å²) < 4.78 is 7.17. The molecule has 1 atom stereocenters. The number of rotatable bonds is 5. The molecule has 0 bridgehead atoms. The molecule has 1 fully saturated rings. The first kappa shape index (κ1) is 20.6. The Morgan fingerprint density at radius 1 is 1.41 bits per heavy atom. The van der Waals surface area contributed by atoms with Crippen LogP contribution in [0.4, 0.5) is 0 Å². The van der Waals surface area contributed by atoms with Crippen LogP contribution < -0.4 is 5.32 Å². The van der Waals surface area contributed by atoms with Gasteiger partial charge in [0.1, 0.15) is 17.3 Å². The molecule has 1 aliphatic carbocycles. The molecule has 1 unspecified atom stereocenters. The molecular weight excluding hydrogens is 378 g/mol. The highest BCUT2D eigenvalue weighted by Crippen LogP contribution is 2.40. The van der Waals surface area contributed by atoms with Crippen LogP contribution in [0.15, 0.2) is 16.8 Å². The normalized spacial score (nSPS) is 17.5. The van der Waals surface area contributed by atoms with E-state index in [9.17, 15) is 9.59 Å². The van der Waals surface area contributed by atoms with E-state index >= 15 is 0 Å². The molecule has 2 N–H and O–H groups in total. The van der Waals surface area contributed by atoms with Gasteiger partial charge in [0.2, 0.25) is 0 Å². The molecule has 1 aliphatic heterocycles. The lowest BCUT2D eigenvalue weighted by Crippen LogP contribution is -2.42. The van der Waals surface area contributed by atoms with Gasteiger partial charge in [0.15, 0.2) is 5.69 Å². The van der Waals surface area contributed by atoms with Gasteiger partial charge in [-0.2, -0.15) is 0 Å². The second-order valence-electron chi connectivity index (χ2n) is 7.19. The van der Waals surface area contributed by atoms with Gasteiger partial charge in [0.05, 0.1) is 6.20 Å². The number of fused-ring (bicyclic) bond motifs is 1. The molecule has 2 aromatic heterocycles. The lowest BCUT2D eigenvalue weighted by Gasteiger charge is -2.26. The molecule has 1 saturated carbocycles. The minimum Gasteiger partial charge on any atom is -0.483 e. The van der Waals surface area contributed by atoms with E-state index in [0.717, 1.165) is 37.3 Å². The number of imidazole rings is 1. The number of carboxylic acid groups (broad SMARTS) is 1. The number of nitrogens with one attached hydrogen (secondary N) is 1. The van der Waals surface area contributed by atoms with Crippen molar-refractivity contribution < 1.29 is 24.0 Å². The Kier molecular flexibility index (Phi) is 6.30. The highest BCUT2D eigenvalue weighted by molar-refractivity contribution is 5.93. The molecule has 0 saturated heterocycles. The van der Waals surface area contributed by atoms with E-state index in [1.54, 1.807) is 24.2 Å². The van der Waals surface area contributed by atoms with E-state index in [2.05, 4.69) is 15.5 Å². The third kappa shape index (κ3) is 4.64. The van der Waals surface area contributed by atoms with Gasteiger partial charge in [-0.25, -0.2) is 4.98 Å². The molecule has 0 aromatic carbocycles. The van der Waals surface area contributed by atoms with Gasteiger partial charge in [-0.1, -0.05) is 5.16 Å². The smallest absolute Gasteiger partial charge is 0.290 e. The van der Waals surface area contributed by atoms with Crippen LogP contribution in [0.3, 0.4) is 0 Å². The van der Waals surface area contributed by atoms with E-state index in [1.807, 2.05) is 11.5 Å². The zero-order chi connectivity index (χ0) is 21.0. The van der Waals surface area contributed by atoms with Crippen molar-refractivity contribution in [1.29, 1.82) is 0 Å². The highest BCUT2D eigenvalue weighted by atomic mass is 16.5. The summed E-state index contributed by atoms with van der Waals surface area (Å²) in [4.78, 5) is 39.3. The Hall–Kier alpha value is -3.17. The fraction of sp³-hybridized carbons (Fsp3) is 0.526. The Morgan fingerprint density at radius 2 is 2.14 bits per heavy atom. The second-order valence-corrected chi connectivity index (χ2v) is 7.19. The van der Waals surface area contributed by atoms with Crippen molar-refractivity contribution in [3.63, 3.8) is 0 Å². The van der Waals surface area contributed by atoms with Crippen LogP contribution in [-0.4, -0.2) is 62.6 Å². The molecule has 10 heteroatoms. The monoisotopic (exact) mass is 403 g/mol. The number of carbonyl (C=O) groups excluding carboxylic acids is 2. The van der Waals surface area contributed by atoms with E-state index in [0.29, 0.717) is 30.4 Å². The molecule has 2 amide bonds. The summed E-state index contributed by atoms with van der Waals surface area (Å²) >= 11 is 0. The minimum absolute atomic E-state index is 0.0520. The number of aryl methyl sites for hydroxylation is 1. The third-order valence-corrected chi connectivity index (χ3v) is 5.17. The minimum atomic E-state index is -0.250. The molecule has 3 heterocycles. The van der Waals surface area contributed by atoms with Crippen LogP contribution in [0.5, 0.6) is 0 Å². The van der Waals surface area contributed by atoms with Gasteiger partial charge in [-0.15, -0.1) is 0 Å². The Labute approximate surface area is 167 Å². The molecule has 2 aromatic rings. The van der Waals surface area contributed by atoms with Crippen molar-refractivity contribution in [3.8, 4) is 0 Å². The van der Waals surface area contributed by atoms with Crippen LogP contribution in [0.25, 0.3) is 0 Å². The first-order chi connectivity index (χ1) is 14.0. The van der Waals surface area contributed by atoms with Crippen molar-refractivity contribution >= 4 is 18.3 Å². The maximum atomic E-state index is 12.5. The molecule has 156 valence electrons. The van der Waals surface area contributed by atoms with Crippen LogP contribution in [0.1, 0.15) is 64.7 Å².